The van der Waals surface area contributed by atoms with Gasteiger partial charge >= 0.3 is 0 Å². The molecule has 0 N–H and O–H groups in total. The predicted octanol–water partition coefficient (Wildman–Crippen LogP) is 3.62. The molecule has 0 heterocycles. The third-order valence-corrected chi connectivity index (χ3v) is 3.50. The maximum atomic E-state index is 5.66. The lowest BCUT2D eigenvalue weighted by molar-refractivity contribution is 0.336. The molecule has 0 amide bonds. The molecule has 0 atom stereocenters. The number of ether oxygens (including phenoxy) is 1. The van der Waals surface area contributed by atoms with Gasteiger partial charge in [-0.3, -0.25) is 0 Å². The fraction of sp³-hybridized carbons (Fsp3) is 0.571. The average molecular weight is 204 g/mol. The highest BCUT2D eigenvalue weighted by Gasteiger charge is 2.32. The Kier molecular flexibility index (Phi) is 2.49. The van der Waals surface area contributed by atoms with Gasteiger partial charge in [-0.2, -0.15) is 0 Å². The molecule has 1 nitrogen and oxygen atoms in total. The van der Waals surface area contributed by atoms with E-state index in [0.717, 1.165) is 12.4 Å². The number of fused-ring (bicyclic) bond motifs is 1. The lowest BCUT2D eigenvalue weighted by atomic mass is 9.84. The monoisotopic (exact) mass is 204 g/mol. The van der Waals surface area contributed by atoms with Crippen LogP contribution in [0.2, 0.25) is 0 Å². The van der Waals surface area contributed by atoms with Gasteiger partial charge in [0.1, 0.15) is 5.75 Å². The second-order valence-electron chi connectivity index (χ2n) is 5.04. The number of benzene rings is 1. The minimum Gasteiger partial charge on any atom is -0.494 e. The van der Waals surface area contributed by atoms with E-state index in [0.29, 0.717) is 5.41 Å². The third-order valence-electron chi connectivity index (χ3n) is 3.50. The van der Waals surface area contributed by atoms with Crippen LogP contribution < -0.4 is 4.74 Å². The van der Waals surface area contributed by atoms with Crippen molar-refractivity contribution in [2.24, 2.45) is 0 Å². The minimum absolute atomic E-state index is 0.326. The van der Waals surface area contributed by atoms with Crippen LogP contribution in [-0.4, -0.2) is 6.61 Å². The first kappa shape index (κ1) is 10.5. The lowest BCUT2D eigenvalue weighted by Gasteiger charge is -2.22. The van der Waals surface area contributed by atoms with E-state index in [4.69, 9.17) is 4.74 Å². The quantitative estimate of drug-likeness (QED) is 0.715. The zero-order chi connectivity index (χ0) is 11.1. The smallest absolute Gasteiger partial charge is 0.122 e. The molecule has 0 aliphatic heterocycles. The zero-order valence-corrected chi connectivity index (χ0v) is 10.2. The van der Waals surface area contributed by atoms with E-state index in [1.54, 1.807) is 0 Å². The molecule has 1 aromatic carbocycles. The molecule has 2 rings (SSSR count). The summed E-state index contributed by atoms with van der Waals surface area (Å²) in [4.78, 5) is 0. The summed E-state index contributed by atoms with van der Waals surface area (Å²) in [6.45, 7) is 9.65. The number of rotatable bonds is 2. The first-order valence-corrected chi connectivity index (χ1v) is 5.82. The Balaban J connectivity index is 2.52. The predicted molar refractivity (Wildman–Crippen MR) is 63.7 cm³/mol. The van der Waals surface area contributed by atoms with E-state index in [1.807, 2.05) is 6.92 Å². The highest BCUT2D eigenvalue weighted by Crippen LogP contribution is 2.42. The van der Waals surface area contributed by atoms with E-state index < -0.39 is 0 Å². The Labute approximate surface area is 92.5 Å². The van der Waals surface area contributed by atoms with Crippen LogP contribution in [0.25, 0.3) is 0 Å². The van der Waals surface area contributed by atoms with Gasteiger partial charge in [-0.1, -0.05) is 19.9 Å². The van der Waals surface area contributed by atoms with Crippen molar-refractivity contribution in [1.29, 1.82) is 0 Å². The Morgan fingerprint density at radius 1 is 1.33 bits per heavy atom. The molecule has 0 spiro atoms. The van der Waals surface area contributed by atoms with E-state index in [1.165, 1.54) is 29.5 Å². The number of hydrogen-bond acceptors (Lipinski definition) is 1. The number of hydrogen-bond donors (Lipinski definition) is 0. The zero-order valence-electron chi connectivity index (χ0n) is 10.2. The van der Waals surface area contributed by atoms with Crippen LogP contribution >= 0.6 is 0 Å². The molecule has 0 fully saturated rings. The van der Waals surface area contributed by atoms with Crippen molar-refractivity contribution in [2.45, 2.75) is 46.0 Å². The molecule has 0 unspecified atom stereocenters. The molecule has 15 heavy (non-hydrogen) atoms. The average Bonchev–Trinajstić information content (AvgIpc) is 2.48. The van der Waals surface area contributed by atoms with Gasteiger partial charge in [0.05, 0.1) is 6.61 Å². The van der Waals surface area contributed by atoms with Gasteiger partial charge in [-0.25, -0.2) is 0 Å². The summed E-state index contributed by atoms with van der Waals surface area (Å²) in [5, 5.41) is 0. The molecule has 0 saturated heterocycles. The summed E-state index contributed by atoms with van der Waals surface area (Å²) in [6.07, 6.45) is 2.48. The van der Waals surface area contributed by atoms with Crippen molar-refractivity contribution in [1.82, 2.24) is 0 Å². The highest BCUT2D eigenvalue weighted by atomic mass is 16.5. The second-order valence-corrected chi connectivity index (χ2v) is 5.04. The number of aryl methyl sites for hydroxylation is 1. The van der Waals surface area contributed by atoms with Gasteiger partial charge in [0, 0.05) is 0 Å². The van der Waals surface area contributed by atoms with Gasteiger partial charge in [0.15, 0.2) is 0 Å². The Morgan fingerprint density at radius 3 is 2.73 bits per heavy atom. The highest BCUT2D eigenvalue weighted by molar-refractivity contribution is 5.50. The van der Waals surface area contributed by atoms with Crippen molar-refractivity contribution in [2.75, 3.05) is 6.61 Å². The van der Waals surface area contributed by atoms with Crippen molar-refractivity contribution < 1.29 is 4.74 Å². The van der Waals surface area contributed by atoms with Crippen LogP contribution in [0.1, 0.15) is 43.9 Å². The van der Waals surface area contributed by atoms with Crippen LogP contribution in [0.3, 0.4) is 0 Å². The second kappa shape index (κ2) is 3.55. The fourth-order valence-electron chi connectivity index (χ4n) is 2.78. The molecule has 0 radical (unpaired) electrons. The molecule has 82 valence electrons. The van der Waals surface area contributed by atoms with Crippen molar-refractivity contribution in [3.05, 3.63) is 28.8 Å². The van der Waals surface area contributed by atoms with Gasteiger partial charge in [-0.05, 0) is 54.9 Å². The van der Waals surface area contributed by atoms with Crippen molar-refractivity contribution in [3.63, 3.8) is 0 Å². The first-order valence-electron chi connectivity index (χ1n) is 5.82. The van der Waals surface area contributed by atoms with Gasteiger partial charge in [0.2, 0.25) is 0 Å². The standard InChI is InChI=1S/C14H20O/c1-5-15-12-7-6-11-8-9-14(3,4)13(11)10(12)2/h6-7H,5,8-9H2,1-4H3. The van der Waals surface area contributed by atoms with Crippen molar-refractivity contribution >= 4 is 0 Å². The molecular formula is C14H20O. The topological polar surface area (TPSA) is 9.23 Å². The van der Waals surface area contributed by atoms with E-state index >= 15 is 0 Å². The normalized spacial score (nSPS) is 17.6. The van der Waals surface area contributed by atoms with Gasteiger partial charge in [-0.15, -0.1) is 0 Å². The maximum Gasteiger partial charge on any atom is 0.122 e. The van der Waals surface area contributed by atoms with Crippen LogP contribution in [0.5, 0.6) is 5.75 Å². The Bertz CT molecular complexity index is 377. The summed E-state index contributed by atoms with van der Waals surface area (Å²) in [7, 11) is 0. The molecule has 1 heteroatoms. The Morgan fingerprint density at radius 2 is 2.07 bits per heavy atom. The van der Waals surface area contributed by atoms with Crippen LogP contribution in [0.15, 0.2) is 12.1 Å². The SMILES string of the molecule is CCOc1ccc2c(c1C)C(C)(C)CC2. The van der Waals surface area contributed by atoms with E-state index in [9.17, 15) is 0 Å². The molecule has 0 aromatic heterocycles. The summed E-state index contributed by atoms with van der Waals surface area (Å²) in [5.41, 5.74) is 4.71. The molecular weight excluding hydrogens is 184 g/mol. The Hall–Kier alpha value is -0.980. The van der Waals surface area contributed by atoms with E-state index in [2.05, 4.69) is 32.9 Å². The van der Waals surface area contributed by atoms with Crippen LogP contribution in [0.4, 0.5) is 0 Å². The van der Waals surface area contributed by atoms with Crippen LogP contribution in [0, 0.1) is 6.92 Å². The molecule has 1 aliphatic rings. The first-order chi connectivity index (χ1) is 7.06. The van der Waals surface area contributed by atoms with Crippen LogP contribution in [-0.2, 0) is 11.8 Å². The van der Waals surface area contributed by atoms with Gasteiger partial charge in [0.25, 0.3) is 0 Å². The van der Waals surface area contributed by atoms with E-state index in [-0.39, 0.29) is 0 Å². The molecule has 0 bridgehead atoms. The minimum atomic E-state index is 0.326. The molecule has 1 aromatic rings. The molecule has 0 saturated carbocycles. The summed E-state index contributed by atoms with van der Waals surface area (Å²) < 4.78 is 5.66. The fourth-order valence-corrected chi connectivity index (χ4v) is 2.78. The maximum absolute atomic E-state index is 5.66. The molecule has 1 aliphatic carbocycles. The lowest BCUT2D eigenvalue weighted by Crippen LogP contribution is -2.14. The summed E-state index contributed by atoms with van der Waals surface area (Å²) in [5.74, 6) is 1.06. The van der Waals surface area contributed by atoms with Crippen molar-refractivity contribution in [3.8, 4) is 5.75 Å². The summed E-state index contributed by atoms with van der Waals surface area (Å²) in [6, 6.07) is 4.36. The summed E-state index contributed by atoms with van der Waals surface area (Å²) >= 11 is 0. The van der Waals surface area contributed by atoms with Gasteiger partial charge < -0.3 is 4.74 Å². The third kappa shape index (κ3) is 1.64. The largest absolute Gasteiger partial charge is 0.494 e.